The Bertz CT molecular complexity index is 2700. The van der Waals surface area contributed by atoms with Crippen LogP contribution in [-0.2, 0) is 29.8 Å². The predicted molar refractivity (Wildman–Crippen MR) is 206 cm³/mol. The number of nitrogens with one attached hydrogen (secondary N) is 4. The van der Waals surface area contributed by atoms with Gasteiger partial charge in [0.15, 0.2) is 0 Å². The molecule has 0 atom stereocenters. The molecule has 16 nitrogen and oxygen atoms in total. The molecule has 6 rings (SSSR count). The molecule has 4 amide bonds. The standard InChI is InChI=1S/C38H30N4O12S2/c1-19-9-13-23(17-25(19)35(45)41-33-29(55(49,50)51)15-11-21-5-3-7-27(43)31(21)33)39-37(47)38(48)40-24-14-10-20(2)26(18-24)36(46)42-34-30(56(52,53)54)16-12-22-6-4-8-28(44)32(22)34/h3-18,43-44H,1-2H3,(H,39,47)(H,40,48)(H,41,45)(H,42,46)(H,49,50,51)(H,52,53,54). The number of amides is 4. The number of anilines is 4. The van der Waals surface area contributed by atoms with Gasteiger partial charge in [0.05, 0.1) is 11.4 Å². The van der Waals surface area contributed by atoms with Crippen molar-refractivity contribution in [2.45, 2.75) is 23.6 Å². The first-order chi connectivity index (χ1) is 26.3. The van der Waals surface area contributed by atoms with Crippen molar-refractivity contribution in [2.24, 2.45) is 0 Å². The smallest absolute Gasteiger partial charge is 0.314 e. The van der Waals surface area contributed by atoms with Crippen molar-refractivity contribution in [1.82, 2.24) is 0 Å². The van der Waals surface area contributed by atoms with Crippen molar-refractivity contribution in [3.05, 3.63) is 119 Å². The van der Waals surface area contributed by atoms with Crippen LogP contribution in [0, 0.1) is 13.8 Å². The van der Waals surface area contributed by atoms with Crippen molar-refractivity contribution in [3.63, 3.8) is 0 Å². The Morgan fingerprint density at radius 2 is 0.875 bits per heavy atom. The van der Waals surface area contributed by atoms with E-state index >= 15 is 0 Å². The van der Waals surface area contributed by atoms with Crippen molar-refractivity contribution in [2.75, 3.05) is 21.3 Å². The average Bonchev–Trinajstić information content (AvgIpc) is 3.12. The number of aromatic hydroxyl groups is 2. The van der Waals surface area contributed by atoms with Crippen LogP contribution in [0.2, 0.25) is 0 Å². The van der Waals surface area contributed by atoms with E-state index in [1.54, 1.807) is 26.0 Å². The number of hydrogen-bond donors (Lipinski definition) is 8. The molecule has 0 radical (unpaired) electrons. The predicted octanol–water partition coefficient (Wildman–Crippen LogP) is 5.60. The van der Waals surface area contributed by atoms with E-state index in [1.165, 1.54) is 72.8 Å². The summed E-state index contributed by atoms with van der Waals surface area (Å²) in [4.78, 5) is 51.7. The SMILES string of the molecule is Cc1ccc(NC(=O)C(=O)Nc2ccc(C)c(C(=O)Nc3c(S(=O)(=O)O)ccc4cccc(O)c34)c2)cc1C(=O)Nc1c(S(=O)(=O)O)ccc2cccc(O)c12. The Balaban J connectivity index is 1.21. The summed E-state index contributed by atoms with van der Waals surface area (Å²) >= 11 is 0. The van der Waals surface area contributed by atoms with Crippen LogP contribution in [0.1, 0.15) is 31.8 Å². The van der Waals surface area contributed by atoms with E-state index in [0.29, 0.717) is 21.9 Å². The summed E-state index contributed by atoms with van der Waals surface area (Å²) in [5.74, 6) is -4.88. The van der Waals surface area contributed by atoms with Gasteiger partial charge in [0.1, 0.15) is 21.3 Å². The summed E-state index contributed by atoms with van der Waals surface area (Å²) in [6, 6.07) is 21.6. The van der Waals surface area contributed by atoms with Crippen molar-refractivity contribution >= 4 is 88.2 Å². The van der Waals surface area contributed by atoms with E-state index in [4.69, 9.17) is 0 Å². The van der Waals surface area contributed by atoms with Gasteiger partial charge in [0.25, 0.3) is 32.1 Å². The van der Waals surface area contributed by atoms with Crippen LogP contribution in [0.4, 0.5) is 22.7 Å². The molecule has 0 aliphatic rings. The van der Waals surface area contributed by atoms with Crippen LogP contribution in [0.15, 0.2) is 107 Å². The molecule has 6 aromatic rings. The van der Waals surface area contributed by atoms with Gasteiger partial charge in [-0.1, -0.05) is 48.5 Å². The molecule has 0 fully saturated rings. The van der Waals surface area contributed by atoms with Crippen LogP contribution >= 0.6 is 0 Å². The Morgan fingerprint density at radius 3 is 1.23 bits per heavy atom. The summed E-state index contributed by atoms with van der Waals surface area (Å²) in [6.45, 7) is 3.10. The second-order valence-corrected chi connectivity index (χ2v) is 15.2. The molecule has 56 heavy (non-hydrogen) atoms. The fourth-order valence-electron chi connectivity index (χ4n) is 5.99. The van der Waals surface area contributed by atoms with Crippen molar-refractivity contribution in [1.29, 1.82) is 0 Å². The highest BCUT2D eigenvalue weighted by molar-refractivity contribution is 7.86. The zero-order chi connectivity index (χ0) is 40.7. The Kier molecular flexibility index (Phi) is 10.2. The van der Waals surface area contributed by atoms with Gasteiger partial charge in [0, 0.05) is 33.3 Å². The summed E-state index contributed by atoms with van der Waals surface area (Å²) in [5.41, 5.74) is -0.206. The highest BCUT2D eigenvalue weighted by Crippen LogP contribution is 2.38. The molecule has 0 saturated heterocycles. The Hall–Kier alpha value is -6.86. The topological polar surface area (TPSA) is 266 Å². The van der Waals surface area contributed by atoms with Gasteiger partial charge in [-0.15, -0.1) is 0 Å². The van der Waals surface area contributed by atoms with Crippen LogP contribution in [0.5, 0.6) is 11.5 Å². The lowest BCUT2D eigenvalue weighted by atomic mass is 10.0. The summed E-state index contributed by atoms with van der Waals surface area (Å²) < 4.78 is 68.5. The molecule has 0 aliphatic heterocycles. The summed E-state index contributed by atoms with van der Waals surface area (Å²) in [7, 11) is -9.74. The zero-order valence-electron chi connectivity index (χ0n) is 29.1. The minimum Gasteiger partial charge on any atom is -0.507 e. The third kappa shape index (κ3) is 7.84. The van der Waals surface area contributed by atoms with E-state index in [1.807, 2.05) is 0 Å². The highest BCUT2D eigenvalue weighted by Gasteiger charge is 2.25. The Morgan fingerprint density at radius 1 is 0.500 bits per heavy atom. The number of hydrogen-bond acceptors (Lipinski definition) is 10. The molecular weight excluding hydrogens is 769 g/mol. The number of benzene rings is 6. The average molecular weight is 799 g/mol. The van der Waals surface area contributed by atoms with Gasteiger partial charge in [-0.3, -0.25) is 28.3 Å². The van der Waals surface area contributed by atoms with Gasteiger partial charge in [-0.2, -0.15) is 16.8 Å². The lowest BCUT2D eigenvalue weighted by Gasteiger charge is -2.16. The molecule has 286 valence electrons. The highest BCUT2D eigenvalue weighted by atomic mass is 32.2. The van der Waals surface area contributed by atoms with Crippen molar-refractivity contribution in [3.8, 4) is 11.5 Å². The van der Waals surface area contributed by atoms with Gasteiger partial charge < -0.3 is 31.5 Å². The van der Waals surface area contributed by atoms with Crippen LogP contribution in [0.3, 0.4) is 0 Å². The van der Waals surface area contributed by atoms with Gasteiger partial charge in [0.2, 0.25) is 0 Å². The lowest BCUT2D eigenvalue weighted by Crippen LogP contribution is -2.29. The van der Waals surface area contributed by atoms with Gasteiger partial charge in [-0.25, -0.2) is 0 Å². The Labute approximate surface area is 318 Å². The molecule has 0 heterocycles. The van der Waals surface area contributed by atoms with Crippen LogP contribution in [-0.4, -0.2) is 59.8 Å². The van der Waals surface area contributed by atoms with Crippen LogP contribution < -0.4 is 21.3 Å². The molecule has 0 spiro atoms. The molecule has 6 aromatic carbocycles. The molecule has 0 aromatic heterocycles. The molecule has 0 bridgehead atoms. The number of aryl methyl sites for hydroxylation is 2. The molecule has 8 N–H and O–H groups in total. The first-order valence-electron chi connectivity index (χ1n) is 16.2. The van der Waals surface area contributed by atoms with E-state index in [2.05, 4.69) is 21.3 Å². The molecule has 18 heteroatoms. The largest absolute Gasteiger partial charge is 0.507 e. The second kappa shape index (κ2) is 14.8. The fourth-order valence-corrected chi connectivity index (χ4v) is 7.29. The molecule has 0 saturated carbocycles. The van der Waals surface area contributed by atoms with Crippen molar-refractivity contribution < 1.29 is 55.3 Å². The monoisotopic (exact) mass is 798 g/mol. The normalized spacial score (nSPS) is 11.6. The molecule has 0 aliphatic carbocycles. The number of fused-ring (bicyclic) bond motifs is 2. The third-order valence-electron chi connectivity index (χ3n) is 8.69. The van der Waals surface area contributed by atoms with E-state index in [-0.39, 0.29) is 56.1 Å². The zero-order valence-corrected chi connectivity index (χ0v) is 30.7. The number of rotatable bonds is 8. The van der Waals surface area contributed by atoms with Crippen LogP contribution in [0.25, 0.3) is 21.5 Å². The maximum absolute atomic E-state index is 13.5. The minimum absolute atomic E-state index is 0.0198. The first kappa shape index (κ1) is 38.9. The molecule has 0 unspecified atom stereocenters. The third-order valence-corrected chi connectivity index (χ3v) is 10.5. The van der Waals surface area contributed by atoms with Gasteiger partial charge in [-0.05, 0) is 84.3 Å². The number of carbonyl (C=O) groups is 4. The van der Waals surface area contributed by atoms with E-state index in [0.717, 1.165) is 12.1 Å². The fraction of sp³-hybridized carbons (Fsp3) is 0.0526. The maximum Gasteiger partial charge on any atom is 0.314 e. The lowest BCUT2D eigenvalue weighted by molar-refractivity contribution is -0.132. The summed E-state index contributed by atoms with van der Waals surface area (Å²) in [5, 5.41) is 31.2. The number of carbonyl (C=O) groups excluding carboxylic acids is 4. The summed E-state index contributed by atoms with van der Waals surface area (Å²) in [6.07, 6.45) is 0. The van der Waals surface area contributed by atoms with E-state index in [9.17, 15) is 55.3 Å². The van der Waals surface area contributed by atoms with Gasteiger partial charge >= 0.3 is 11.8 Å². The maximum atomic E-state index is 13.5. The second-order valence-electron chi connectivity index (χ2n) is 12.5. The minimum atomic E-state index is -4.87. The first-order valence-corrected chi connectivity index (χ1v) is 19.1. The quantitative estimate of drug-likeness (QED) is 0.0691. The number of phenols is 2. The molecular formula is C38H30N4O12S2. The number of phenolic OH excluding ortho intramolecular Hbond substituents is 2. The van der Waals surface area contributed by atoms with E-state index < -0.39 is 53.7 Å².